The van der Waals surface area contributed by atoms with Crippen LogP contribution in [0.5, 0.6) is 0 Å². The van der Waals surface area contributed by atoms with Crippen LogP contribution >= 0.6 is 0 Å². The van der Waals surface area contributed by atoms with Gasteiger partial charge in [0.2, 0.25) is 5.91 Å². The molecule has 2 aliphatic rings. The highest BCUT2D eigenvalue weighted by atomic mass is 16.2. The van der Waals surface area contributed by atoms with Gasteiger partial charge in [-0.3, -0.25) is 10.2 Å². The third kappa shape index (κ3) is 1.33. The number of hydrazine groups is 1. The van der Waals surface area contributed by atoms with Crippen LogP contribution in [0.3, 0.4) is 0 Å². The predicted molar refractivity (Wildman–Crippen MR) is 45.9 cm³/mol. The first-order chi connectivity index (χ1) is 5.79. The number of rotatable bonds is 2. The Morgan fingerprint density at radius 1 is 1.42 bits per heavy atom. The van der Waals surface area contributed by atoms with Crippen molar-refractivity contribution < 1.29 is 4.79 Å². The first-order valence-electron chi connectivity index (χ1n) is 4.79. The lowest BCUT2D eigenvalue weighted by molar-refractivity contribution is -0.122. The number of carbonyl (C=O) groups is 1. The molecule has 1 amide bonds. The monoisotopic (exact) mass is 168 g/mol. The third-order valence-corrected chi connectivity index (χ3v) is 3.49. The van der Waals surface area contributed by atoms with Crippen molar-refractivity contribution >= 4 is 5.91 Å². The molecule has 0 heterocycles. The van der Waals surface area contributed by atoms with E-state index in [0.717, 1.165) is 11.8 Å². The Balaban J connectivity index is 1.86. The maximum Gasteiger partial charge on any atom is 0.234 e. The zero-order valence-corrected chi connectivity index (χ0v) is 7.25. The Morgan fingerprint density at radius 2 is 2.25 bits per heavy atom. The van der Waals surface area contributed by atoms with Crippen LogP contribution in [0, 0.1) is 17.8 Å². The molecule has 12 heavy (non-hydrogen) atoms. The summed E-state index contributed by atoms with van der Waals surface area (Å²) in [5.41, 5.74) is 2.21. The van der Waals surface area contributed by atoms with Crippen molar-refractivity contribution in [1.29, 1.82) is 0 Å². The maximum atomic E-state index is 11.0. The van der Waals surface area contributed by atoms with E-state index in [4.69, 9.17) is 5.84 Å². The molecule has 1 unspecified atom stereocenters. The van der Waals surface area contributed by atoms with Gasteiger partial charge in [0, 0.05) is 6.42 Å². The first-order valence-corrected chi connectivity index (χ1v) is 4.79. The van der Waals surface area contributed by atoms with Gasteiger partial charge in [-0.15, -0.1) is 0 Å². The minimum atomic E-state index is 0.00699. The molecule has 0 aromatic heterocycles. The Labute approximate surface area is 72.7 Å². The van der Waals surface area contributed by atoms with Gasteiger partial charge in [-0.05, 0) is 37.0 Å². The van der Waals surface area contributed by atoms with Crippen molar-refractivity contribution in [1.82, 2.24) is 5.43 Å². The molecular weight excluding hydrogens is 152 g/mol. The van der Waals surface area contributed by atoms with Crippen molar-refractivity contribution in [3.8, 4) is 0 Å². The second kappa shape index (κ2) is 3.05. The summed E-state index contributed by atoms with van der Waals surface area (Å²) in [7, 11) is 0. The second-order valence-electron chi connectivity index (χ2n) is 4.21. The van der Waals surface area contributed by atoms with Crippen molar-refractivity contribution in [2.75, 3.05) is 0 Å². The Hall–Kier alpha value is -0.570. The second-order valence-corrected chi connectivity index (χ2v) is 4.21. The van der Waals surface area contributed by atoms with Gasteiger partial charge in [0.25, 0.3) is 0 Å². The van der Waals surface area contributed by atoms with E-state index in [9.17, 15) is 4.79 Å². The maximum absolute atomic E-state index is 11.0. The van der Waals surface area contributed by atoms with Crippen LogP contribution < -0.4 is 11.3 Å². The first kappa shape index (κ1) is 8.05. The lowest BCUT2D eigenvalue weighted by Gasteiger charge is -2.20. The Kier molecular flexibility index (Phi) is 2.05. The highest BCUT2D eigenvalue weighted by Crippen LogP contribution is 2.49. The molecule has 3 heteroatoms. The van der Waals surface area contributed by atoms with Crippen LogP contribution in [0.25, 0.3) is 0 Å². The fourth-order valence-corrected chi connectivity index (χ4v) is 2.92. The quantitative estimate of drug-likeness (QED) is 0.364. The van der Waals surface area contributed by atoms with E-state index >= 15 is 0 Å². The fourth-order valence-electron chi connectivity index (χ4n) is 2.92. The van der Waals surface area contributed by atoms with Gasteiger partial charge in [-0.25, -0.2) is 5.84 Å². The molecule has 0 aliphatic heterocycles. The number of amides is 1. The predicted octanol–water partition coefficient (Wildman–Crippen LogP) is 0.803. The number of carbonyl (C=O) groups excluding carboxylic acids is 1. The van der Waals surface area contributed by atoms with Gasteiger partial charge >= 0.3 is 0 Å². The average molecular weight is 168 g/mol. The summed E-state index contributed by atoms with van der Waals surface area (Å²) in [5, 5.41) is 0. The number of nitrogens with two attached hydrogens (primary N) is 1. The van der Waals surface area contributed by atoms with Gasteiger partial charge in [-0.1, -0.05) is 6.42 Å². The van der Waals surface area contributed by atoms with Gasteiger partial charge < -0.3 is 0 Å². The summed E-state index contributed by atoms with van der Waals surface area (Å²) in [6, 6.07) is 0. The molecule has 0 spiro atoms. The number of hydrogen-bond donors (Lipinski definition) is 2. The van der Waals surface area contributed by atoms with Crippen molar-refractivity contribution in [3.63, 3.8) is 0 Å². The van der Waals surface area contributed by atoms with E-state index in [-0.39, 0.29) is 5.91 Å². The van der Waals surface area contributed by atoms with E-state index < -0.39 is 0 Å². The lowest BCUT2D eigenvalue weighted by atomic mass is 9.86. The number of nitrogens with one attached hydrogen (secondary N) is 1. The van der Waals surface area contributed by atoms with Gasteiger partial charge in [0.15, 0.2) is 0 Å². The molecule has 2 rings (SSSR count). The summed E-state index contributed by atoms with van der Waals surface area (Å²) >= 11 is 0. The standard InChI is InChI=1S/C9H16N2O/c10-11-9(12)5-8-4-6-1-2-7(8)3-6/h6-8H,1-5,10H2,(H,11,12)/t6-,7+,8?/m1/s1. The molecule has 2 bridgehead atoms. The summed E-state index contributed by atoms with van der Waals surface area (Å²) in [6.45, 7) is 0. The molecular formula is C9H16N2O. The summed E-state index contributed by atoms with van der Waals surface area (Å²) in [6.07, 6.45) is 6.01. The molecule has 3 N–H and O–H groups in total. The number of fused-ring (bicyclic) bond motifs is 2. The molecule has 3 atom stereocenters. The lowest BCUT2D eigenvalue weighted by Crippen LogP contribution is -2.32. The Bertz CT molecular complexity index is 193. The zero-order valence-electron chi connectivity index (χ0n) is 7.25. The molecule has 68 valence electrons. The van der Waals surface area contributed by atoms with E-state index in [0.29, 0.717) is 12.3 Å². The summed E-state index contributed by atoms with van der Waals surface area (Å²) in [5.74, 6) is 7.44. The fraction of sp³-hybridized carbons (Fsp3) is 0.889. The zero-order chi connectivity index (χ0) is 8.55. The van der Waals surface area contributed by atoms with Gasteiger partial charge in [-0.2, -0.15) is 0 Å². The molecule has 0 saturated heterocycles. The van der Waals surface area contributed by atoms with Crippen molar-refractivity contribution in [2.24, 2.45) is 23.6 Å². The van der Waals surface area contributed by atoms with E-state index in [1.54, 1.807) is 0 Å². The number of hydrogen-bond acceptors (Lipinski definition) is 2. The van der Waals surface area contributed by atoms with Crippen LogP contribution in [0.1, 0.15) is 32.1 Å². The van der Waals surface area contributed by atoms with E-state index in [1.165, 1.54) is 25.7 Å². The van der Waals surface area contributed by atoms with Crippen LogP contribution in [0.15, 0.2) is 0 Å². The third-order valence-electron chi connectivity index (χ3n) is 3.49. The van der Waals surface area contributed by atoms with Crippen LogP contribution in [0.4, 0.5) is 0 Å². The minimum Gasteiger partial charge on any atom is -0.294 e. The van der Waals surface area contributed by atoms with E-state index in [2.05, 4.69) is 5.43 Å². The molecule has 3 nitrogen and oxygen atoms in total. The SMILES string of the molecule is NNC(=O)CC1C[C@@H]2CC[C@H]1C2. The van der Waals surface area contributed by atoms with Crippen molar-refractivity contribution in [3.05, 3.63) is 0 Å². The molecule has 0 aromatic carbocycles. The van der Waals surface area contributed by atoms with E-state index in [1.807, 2.05) is 0 Å². The molecule has 0 aromatic rings. The van der Waals surface area contributed by atoms with Crippen LogP contribution in [-0.2, 0) is 4.79 Å². The van der Waals surface area contributed by atoms with Crippen molar-refractivity contribution in [2.45, 2.75) is 32.1 Å². The van der Waals surface area contributed by atoms with Gasteiger partial charge in [0.05, 0.1) is 0 Å². The Morgan fingerprint density at radius 3 is 2.75 bits per heavy atom. The molecule has 2 saturated carbocycles. The van der Waals surface area contributed by atoms with Crippen LogP contribution in [-0.4, -0.2) is 5.91 Å². The summed E-state index contributed by atoms with van der Waals surface area (Å²) < 4.78 is 0. The highest BCUT2D eigenvalue weighted by Gasteiger charge is 2.39. The molecule has 0 radical (unpaired) electrons. The summed E-state index contributed by atoms with van der Waals surface area (Å²) in [4.78, 5) is 11.0. The minimum absolute atomic E-state index is 0.00699. The van der Waals surface area contributed by atoms with Gasteiger partial charge in [0.1, 0.15) is 0 Å². The molecule has 2 aliphatic carbocycles. The normalized spacial score (nSPS) is 38.6. The average Bonchev–Trinajstić information content (AvgIpc) is 2.64. The smallest absolute Gasteiger partial charge is 0.234 e. The molecule has 2 fully saturated rings. The van der Waals surface area contributed by atoms with Crippen LogP contribution in [0.2, 0.25) is 0 Å². The highest BCUT2D eigenvalue weighted by molar-refractivity contribution is 5.75. The topological polar surface area (TPSA) is 55.1 Å². The largest absolute Gasteiger partial charge is 0.294 e.